The lowest BCUT2D eigenvalue weighted by Crippen LogP contribution is -2.03. The van der Waals surface area contributed by atoms with Crippen LogP contribution in [0.15, 0.2) is 42.5 Å². The molecule has 0 amide bonds. The number of fused-ring (bicyclic) bond motifs is 1. The molecule has 0 fully saturated rings. The van der Waals surface area contributed by atoms with Crippen LogP contribution in [0.3, 0.4) is 0 Å². The maximum absolute atomic E-state index is 11.2. The van der Waals surface area contributed by atoms with Gasteiger partial charge >= 0.3 is 5.97 Å². The van der Waals surface area contributed by atoms with E-state index in [1.807, 2.05) is 0 Å². The molecule has 0 bridgehead atoms. The van der Waals surface area contributed by atoms with Crippen molar-refractivity contribution in [1.82, 2.24) is 4.57 Å². The second kappa shape index (κ2) is 5.27. The molecular weight excluding hydrogens is 304 g/mol. The van der Waals surface area contributed by atoms with Crippen LogP contribution in [-0.2, 0) is 7.05 Å². The molecule has 0 saturated carbocycles. The molecule has 0 atom stereocenters. The number of nitrogens with two attached hydrogens (primary N) is 1. The Balaban J connectivity index is 2.06. The molecule has 3 N–H and O–H groups in total. The number of aryl methyl sites for hydroxylation is 1. The molecule has 1 heterocycles. The second-order valence-electron chi connectivity index (χ2n) is 4.90. The van der Waals surface area contributed by atoms with E-state index in [4.69, 9.17) is 22.1 Å². The summed E-state index contributed by atoms with van der Waals surface area (Å²) in [5.41, 5.74) is 7.14. The lowest BCUT2D eigenvalue weighted by Gasteiger charge is -2.08. The van der Waals surface area contributed by atoms with E-state index in [-0.39, 0.29) is 5.69 Å². The standard InChI is InChI=1S/C16H13ClN2O3/c1-19-14-7-11(22-10-4-2-9(18)3-5-10)6-13(17)12(14)8-15(19)16(20)21/h2-8H,18H2,1H3,(H,20,21). The van der Waals surface area contributed by atoms with E-state index in [1.54, 1.807) is 54.1 Å². The van der Waals surface area contributed by atoms with Gasteiger partial charge in [0.1, 0.15) is 17.2 Å². The molecule has 3 aromatic rings. The third kappa shape index (κ3) is 2.46. The Labute approximate surface area is 131 Å². The topological polar surface area (TPSA) is 77.5 Å². The van der Waals surface area contributed by atoms with E-state index < -0.39 is 5.97 Å². The summed E-state index contributed by atoms with van der Waals surface area (Å²) in [6, 6.07) is 11.9. The SMILES string of the molecule is Cn1c(C(=O)O)cc2c(Cl)cc(Oc3ccc(N)cc3)cc21. The fourth-order valence-corrected chi connectivity index (χ4v) is 2.56. The van der Waals surface area contributed by atoms with Gasteiger partial charge in [0, 0.05) is 30.3 Å². The number of benzene rings is 2. The normalized spacial score (nSPS) is 10.8. The van der Waals surface area contributed by atoms with Gasteiger partial charge in [0.15, 0.2) is 0 Å². The number of carbonyl (C=O) groups is 1. The zero-order valence-electron chi connectivity index (χ0n) is 11.7. The zero-order chi connectivity index (χ0) is 15.9. The first-order chi connectivity index (χ1) is 10.5. The van der Waals surface area contributed by atoms with Crippen LogP contribution in [-0.4, -0.2) is 15.6 Å². The number of carboxylic acids is 1. The van der Waals surface area contributed by atoms with E-state index in [2.05, 4.69) is 0 Å². The Bertz CT molecular complexity index is 869. The molecule has 0 unspecified atom stereocenters. The van der Waals surface area contributed by atoms with E-state index >= 15 is 0 Å². The first-order valence-electron chi connectivity index (χ1n) is 6.51. The van der Waals surface area contributed by atoms with Crippen molar-refractivity contribution in [2.24, 2.45) is 7.05 Å². The van der Waals surface area contributed by atoms with E-state index in [0.29, 0.717) is 33.1 Å². The number of hydrogen-bond acceptors (Lipinski definition) is 3. The van der Waals surface area contributed by atoms with Gasteiger partial charge in [0.25, 0.3) is 0 Å². The smallest absolute Gasteiger partial charge is 0.352 e. The number of rotatable bonds is 3. The molecule has 0 saturated heterocycles. The van der Waals surface area contributed by atoms with Crippen molar-refractivity contribution in [3.8, 4) is 11.5 Å². The molecule has 0 aliphatic carbocycles. The monoisotopic (exact) mass is 316 g/mol. The minimum atomic E-state index is -1.00. The highest BCUT2D eigenvalue weighted by molar-refractivity contribution is 6.35. The maximum atomic E-state index is 11.2. The van der Waals surface area contributed by atoms with Gasteiger partial charge in [0.2, 0.25) is 0 Å². The minimum absolute atomic E-state index is 0.168. The third-order valence-corrected chi connectivity index (χ3v) is 3.73. The fourth-order valence-electron chi connectivity index (χ4n) is 2.30. The van der Waals surface area contributed by atoms with Crippen molar-refractivity contribution < 1.29 is 14.6 Å². The van der Waals surface area contributed by atoms with E-state index in [1.165, 1.54) is 0 Å². The number of aromatic nitrogens is 1. The Morgan fingerprint density at radius 3 is 2.50 bits per heavy atom. The van der Waals surface area contributed by atoms with Crippen LogP contribution >= 0.6 is 11.6 Å². The highest BCUT2D eigenvalue weighted by atomic mass is 35.5. The lowest BCUT2D eigenvalue weighted by atomic mass is 10.2. The molecule has 0 radical (unpaired) electrons. The van der Waals surface area contributed by atoms with Crippen LogP contribution < -0.4 is 10.5 Å². The summed E-state index contributed by atoms with van der Waals surface area (Å²) >= 11 is 6.24. The zero-order valence-corrected chi connectivity index (χ0v) is 12.5. The Hall–Kier alpha value is -2.66. The largest absolute Gasteiger partial charge is 0.477 e. The van der Waals surface area contributed by atoms with Crippen LogP contribution in [0.5, 0.6) is 11.5 Å². The van der Waals surface area contributed by atoms with Crippen molar-refractivity contribution in [3.05, 3.63) is 53.2 Å². The van der Waals surface area contributed by atoms with Crippen LogP contribution in [0, 0.1) is 0 Å². The number of aromatic carboxylic acids is 1. The van der Waals surface area contributed by atoms with Crippen LogP contribution in [0.1, 0.15) is 10.5 Å². The van der Waals surface area contributed by atoms with E-state index in [0.717, 1.165) is 0 Å². The molecule has 2 aromatic carbocycles. The van der Waals surface area contributed by atoms with Crippen molar-refractivity contribution in [3.63, 3.8) is 0 Å². The molecule has 0 spiro atoms. The van der Waals surface area contributed by atoms with Crippen molar-refractivity contribution in [2.45, 2.75) is 0 Å². The quantitative estimate of drug-likeness (QED) is 0.718. The lowest BCUT2D eigenvalue weighted by molar-refractivity contribution is 0.0687. The Kier molecular flexibility index (Phi) is 3.42. The minimum Gasteiger partial charge on any atom is -0.477 e. The average molecular weight is 317 g/mol. The Morgan fingerprint density at radius 2 is 1.86 bits per heavy atom. The van der Waals surface area contributed by atoms with Gasteiger partial charge in [0.05, 0.1) is 10.5 Å². The number of nitrogen functional groups attached to an aromatic ring is 1. The van der Waals surface area contributed by atoms with Crippen molar-refractivity contribution >= 4 is 34.2 Å². The van der Waals surface area contributed by atoms with Crippen LogP contribution in [0.2, 0.25) is 5.02 Å². The number of halogens is 1. The molecule has 6 heteroatoms. The highest BCUT2D eigenvalue weighted by Gasteiger charge is 2.15. The average Bonchev–Trinajstić information content (AvgIpc) is 2.80. The second-order valence-corrected chi connectivity index (χ2v) is 5.31. The first-order valence-corrected chi connectivity index (χ1v) is 6.89. The van der Waals surface area contributed by atoms with E-state index in [9.17, 15) is 9.90 Å². The van der Waals surface area contributed by atoms with Gasteiger partial charge in [-0.25, -0.2) is 4.79 Å². The van der Waals surface area contributed by atoms with Gasteiger partial charge in [-0.05, 0) is 30.3 Å². The number of nitrogens with zero attached hydrogens (tertiary/aromatic N) is 1. The molecule has 5 nitrogen and oxygen atoms in total. The molecule has 22 heavy (non-hydrogen) atoms. The van der Waals surface area contributed by atoms with Crippen LogP contribution in [0.25, 0.3) is 10.9 Å². The summed E-state index contributed by atoms with van der Waals surface area (Å²) in [5, 5.41) is 10.3. The van der Waals surface area contributed by atoms with Gasteiger partial charge in [-0.2, -0.15) is 0 Å². The fraction of sp³-hybridized carbons (Fsp3) is 0.0625. The summed E-state index contributed by atoms with van der Waals surface area (Å²) in [6.45, 7) is 0. The molecule has 112 valence electrons. The third-order valence-electron chi connectivity index (χ3n) is 3.42. The maximum Gasteiger partial charge on any atom is 0.352 e. The number of anilines is 1. The molecule has 0 aliphatic heterocycles. The molecule has 0 aliphatic rings. The molecular formula is C16H13ClN2O3. The van der Waals surface area contributed by atoms with Gasteiger partial charge < -0.3 is 20.1 Å². The summed E-state index contributed by atoms with van der Waals surface area (Å²) in [7, 11) is 1.68. The summed E-state index contributed by atoms with van der Waals surface area (Å²) in [4.78, 5) is 11.2. The summed E-state index contributed by atoms with van der Waals surface area (Å²) < 4.78 is 7.32. The predicted octanol–water partition coefficient (Wildman–Crippen LogP) is 3.90. The molecule has 1 aromatic heterocycles. The van der Waals surface area contributed by atoms with Crippen molar-refractivity contribution in [2.75, 3.05) is 5.73 Å². The van der Waals surface area contributed by atoms with Gasteiger partial charge in [-0.1, -0.05) is 11.6 Å². The van der Waals surface area contributed by atoms with Gasteiger partial charge in [-0.3, -0.25) is 0 Å². The Morgan fingerprint density at radius 1 is 1.18 bits per heavy atom. The summed E-state index contributed by atoms with van der Waals surface area (Å²) in [5.74, 6) is 0.147. The van der Waals surface area contributed by atoms with Gasteiger partial charge in [-0.15, -0.1) is 0 Å². The molecule has 3 rings (SSSR count). The number of ether oxygens (including phenoxy) is 1. The number of hydrogen-bond donors (Lipinski definition) is 2. The van der Waals surface area contributed by atoms with Crippen LogP contribution in [0.4, 0.5) is 5.69 Å². The summed E-state index contributed by atoms with van der Waals surface area (Å²) in [6.07, 6.45) is 0. The predicted molar refractivity (Wildman–Crippen MR) is 85.8 cm³/mol. The first kappa shape index (κ1) is 14.3. The van der Waals surface area contributed by atoms with Crippen molar-refractivity contribution in [1.29, 1.82) is 0 Å². The number of carboxylic acid groups (broad SMARTS) is 1. The highest BCUT2D eigenvalue weighted by Crippen LogP contribution is 2.33.